The third-order valence-electron chi connectivity index (χ3n) is 6.05. The number of hydrogen-bond donors (Lipinski definition) is 1. The van der Waals surface area contributed by atoms with E-state index in [1.807, 2.05) is 42.5 Å². The molecule has 0 aliphatic carbocycles. The van der Waals surface area contributed by atoms with Crippen LogP contribution in [0.15, 0.2) is 42.5 Å². The molecule has 2 amide bonds. The molecule has 0 spiro atoms. The summed E-state index contributed by atoms with van der Waals surface area (Å²) in [5.41, 5.74) is 2.92. The number of nitrogens with one attached hydrogen (secondary N) is 1. The zero-order chi connectivity index (χ0) is 21.8. The van der Waals surface area contributed by atoms with E-state index in [0.717, 1.165) is 54.4 Å². The van der Waals surface area contributed by atoms with Crippen LogP contribution in [0.1, 0.15) is 37.3 Å². The number of piperazine rings is 1. The first-order chi connectivity index (χ1) is 15.0. The summed E-state index contributed by atoms with van der Waals surface area (Å²) in [6, 6.07) is 13.7. The summed E-state index contributed by atoms with van der Waals surface area (Å²) in [4.78, 5) is 29.2. The van der Waals surface area contributed by atoms with Gasteiger partial charge in [0.2, 0.25) is 6.79 Å². The maximum absolute atomic E-state index is 12.7. The number of fused-ring (bicyclic) bond motifs is 1. The van der Waals surface area contributed by atoms with Crippen LogP contribution >= 0.6 is 0 Å². The van der Waals surface area contributed by atoms with E-state index in [2.05, 4.69) is 24.1 Å². The number of anilines is 1. The van der Waals surface area contributed by atoms with Gasteiger partial charge in [-0.15, -0.1) is 0 Å². The summed E-state index contributed by atoms with van der Waals surface area (Å²) in [6.07, 6.45) is 0.964. The molecule has 7 nitrogen and oxygen atoms in total. The standard InChI is InChI=1S/C24H29N3O4/c1-3-17(2)19-6-4-5-7-20(19)25-23(28)24(29)27-12-10-26(11-13-27)15-18-8-9-21-22(14-18)31-16-30-21/h4-9,14,17H,3,10-13,15-16H2,1-2H3,(H,25,28). The number of nitrogens with zero attached hydrogens (tertiary/aromatic N) is 2. The van der Waals surface area contributed by atoms with Crippen molar-refractivity contribution in [1.82, 2.24) is 9.80 Å². The Morgan fingerprint density at radius 3 is 2.55 bits per heavy atom. The molecule has 1 saturated heterocycles. The van der Waals surface area contributed by atoms with Crippen LogP contribution in [-0.4, -0.2) is 54.6 Å². The molecular weight excluding hydrogens is 394 g/mol. The maximum Gasteiger partial charge on any atom is 0.313 e. The van der Waals surface area contributed by atoms with Crippen LogP contribution in [0.3, 0.4) is 0 Å². The van der Waals surface area contributed by atoms with Crippen LogP contribution in [0.4, 0.5) is 5.69 Å². The van der Waals surface area contributed by atoms with Crippen molar-refractivity contribution in [1.29, 1.82) is 0 Å². The average molecular weight is 424 g/mol. The van der Waals surface area contributed by atoms with Crippen LogP contribution in [0, 0.1) is 0 Å². The van der Waals surface area contributed by atoms with Gasteiger partial charge in [0.15, 0.2) is 11.5 Å². The lowest BCUT2D eigenvalue weighted by atomic mass is 9.97. The highest BCUT2D eigenvalue weighted by atomic mass is 16.7. The lowest BCUT2D eigenvalue weighted by Crippen LogP contribution is -2.51. The molecule has 164 valence electrons. The topological polar surface area (TPSA) is 71.1 Å². The zero-order valence-corrected chi connectivity index (χ0v) is 18.1. The van der Waals surface area contributed by atoms with Gasteiger partial charge in [-0.1, -0.05) is 38.1 Å². The Labute approximate surface area is 182 Å². The van der Waals surface area contributed by atoms with E-state index in [-0.39, 0.29) is 6.79 Å². The molecule has 0 radical (unpaired) electrons. The number of carbonyl (C=O) groups excluding carboxylic acids is 2. The lowest BCUT2D eigenvalue weighted by molar-refractivity contribution is -0.144. The molecule has 2 aromatic carbocycles. The number of rotatable bonds is 5. The van der Waals surface area contributed by atoms with Crippen molar-refractivity contribution >= 4 is 17.5 Å². The molecule has 0 bridgehead atoms. The monoisotopic (exact) mass is 423 g/mol. The molecule has 1 unspecified atom stereocenters. The maximum atomic E-state index is 12.7. The molecule has 7 heteroatoms. The highest BCUT2D eigenvalue weighted by Gasteiger charge is 2.27. The molecule has 0 saturated carbocycles. The predicted molar refractivity (Wildman–Crippen MR) is 118 cm³/mol. The molecule has 0 aromatic heterocycles. The quantitative estimate of drug-likeness (QED) is 0.748. The van der Waals surface area contributed by atoms with Gasteiger partial charge in [-0.2, -0.15) is 0 Å². The van der Waals surface area contributed by atoms with E-state index in [9.17, 15) is 9.59 Å². The Bertz CT molecular complexity index is 954. The van der Waals surface area contributed by atoms with Crippen LogP contribution in [-0.2, 0) is 16.1 Å². The van der Waals surface area contributed by atoms with Crippen molar-refractivity contribution in [2.24, 2.45) is 0 Å². The Morgan fingerprint density at radius 1 is 1.03 bits per heavy atom. The van der Waals surface area contributed by atoms with Gasteiger partial charge in [-0.05, 0) is 41.7 Å². The van der Waals surface area contributed by atoms with Crippen molar-refractivity contribution in [2.45, 2.75) is 32.7 Å². The van der Waals surface area contributed by atoms with E-state index >= 15 is 0 Å². The Morgan fingerprint density at radius 2 is 1.77 bits per heavy atom. The fourth-order valence-corrected chi connectivity index (χ4v) is 3.99. The minimum atomic E-state index is -0.569. The van der Waals surface area contributed by atoms with Crippen molar-refractivity contribution in [3.8, 4) is 11.5 Å². The molecule has 1 fully saturated rings. The van der Waals surface area contributed by atoms with Gasteiger partial charge in [0.1, 0.15) is 0 Å². The van der Waals surface area contributed by atoms with Crippen molar-refractivity contribution in [2.75, 3.05) is 38.3 Å². The molecule has 1 N–H and O–H groups in total. The second-order valence-electron chi connectivity index (χ2n) is 8.11. The minimum absolute atomic E-state index is 0.267. The van der Waals surface area contributed by atoms with Crippen molar-refractivity contribution < 1.29 is 19.1 Å². The van der Waals surface area contributed by atoms with Crippen LogP contribution in [0.2, 0.25) is 0 Å². The molecular formula is C24H29N3O4. The molecule has 2 aliphatic heterocycles. The number of benzene rings is 2. The smallest absolute Gasteiger partial charge is 0.313 e. The van der Waals surface area contributed by atoms with Gasteiger partial charge in [0.05, 0.1) is 0 Å². The predicted octanol–water partition coefficient (Wildman–Crippen LogP) is 3.21. The summed E-state index contributed by atoms with van der Waals surface area (Å²) in [5.74, 6) is 0.828. The third kappa shape index (κ3) is 4.82. The van der Waals surface area contributed by atoms with Crippen molar-refractivity contribution in [3.63, 3.8) is 0 Å². The van der Waals surface area contributed by atoms with E-state index in [0.29, 0.717) is 19.0 Å². The first-order valence-corrected chi connectivity index (χ1v) is 10.8. The molecule has 2 heterocycles. The fourth-order valence-electron chi connectivity index (χ4n) is 3.99. The summed E-state index contributed by atoms with van der Waals surface area (Å²) >= 11 is 0. The fraction of sp³-hybridized carbons (Fsp3) is 0.417. The zero-order valence-electron chi connectivity index (χ0n) is 18.1. The summed E-state index contributed by atoms with van der Waals surface area (Å²) < 4.78 is 10.8. The Balaban J connectivity index is 1.30. The second-order valence-corrected chi connectivity index (χ2v) is 8.11. The van der Waals surface area contributed by atoms with E-state index < -0.39 is 11.8 Å². The Kier molecular flexibility index (Phi) is 6.42. The molecule has 31 heavy (non-hydrogen) atoms. The molecule has 2 aliphatic rings. The third-order valence-corrected chi connectivity index (χ3v) is 6.05. The van der Waals surface area contributed by atoms with Gasteiger partial charge in [-0.25, -0.2) is 0 Å². The molecule has 4 rings (SSSR count). The first kappa shape index (κ1) is 21.2. The highest BCUT2D eigenvalue weighted by molar-refractivity contribution is 6.39. The minimum Gasteiger partial charge on any atom is -0.454 e. The van der Waals surface area contributed by atoms with E-state index in [4.69, 9.17) is 9.47 Å². The van der Waals surface area contributed by atoms with Crippen LogP contribution < -0.4 is 14.8 Å². The molecule has 1 atom stereocenters. The average Bonchev–Trinajstić information content (AvgIpc) is 3.27. The van der Waals surface area contributed by atoms with Crippen molar-refractivity contribution in [3.05, 3.63) is 53.6 Å². The number of ether oxygens (including phenoxy) is 2. The number of para-hydroxylation sites is 1. The van der Waals surface area contributed by atoms with Gasteiger partial charge in [0.25, 0.3) is 0 Å². The number of carbonyl (C=O) groups is 2. The number of hydrogen-bond acceptors (Lipinski definition) is 5. The first-order valence-electron chi connectivity index (χ1n) is 10.8. The van der Waals surface area contributed by atoms with Gasteiger partial charge in [-0.3, -0.25) is 14.5 Å². The summed E-state index contributed by atoms with van der Waals surface area (Å²) in [5, 5.41) is 2.83. The van der Waals surface area contributed by atoms with Gasteiger partial charge < -0.3 is 19.7 Å². The summed E-state index contributed by atoms with van der Waals surface area (Å²) in [6.45, 7) is 7.77. The second kappa shape index (κ2) is 9.39. The SMILES string of the molecule is CCC(C)c1ccccc1NC(=O)C(=O)N1CCN(Cc2ccc3c(c2)OCO3)CC1. The normalized spacial score (nSPS) is 16.8. The van der Waals surface area contributed by atoms with E-state index in [1.165, 1.54) is 0 Å². The van der Waals surface area contributed by atoms with Crippen LogP contribution in [0.25, 0.3) is 0 Å². The van der Waals surface area contributed by atoms with Crippen LogP contribution in [0.5, 0.6) is 11.5 Å². The van der Waals surface area contributed by atoms with Gasteiger partial charge in [0, 0.05) is 38.4 Å². The summed E-state index contributed by atoms with van der Waals surface area (Å²) in [7, 11) is 0. The lowest BCUT2D eigenvalue weighted by Gasteiger charge is -2.34. The van der Waals surface area contributed by atoms with E-state index in [1.54, 1.807) is 4.90 Å². The molecule has 2 aromatic rings. The highest BCUT2D eigenvalue weighted by Crippen LogP contribution is 2.33. The Hall–Kier alpha value is -3.06. The number of amides is 2. The largest absolute Gasteiger partial charge is 0.454 e. The van der Waals surface area contributed by atoms with Gasteiger partial charge >= 0.3 is 11.8 Å².